The zero-order valence-corrected chi connectivity index (χ0v) is 22.0. The van der Waals surface area contributed by atoms with Gasteiger partial charge in [0, 0.05) is 12.2 Å². The first kappa shape index (κ1) is 27.5. The van der Waals surface area contributed by atoms with Gasteiger partial charge >= 0.3 is 0 Å². The number of phenolic OH excluding ortho intramolecular Hbond substituents is 1. The molecule has 10 nitrogen and oxygen atoms in total. The number of carbonyl (C=O) groups excluding carboxylic acids is 3. The maximum absolute atomic E-state index is 14.0. The van der Waals surface area contributed by atoms with Gasteiger partial charge < -0.3 is 26.6 Å². The van der Waals surface area contributed by atoms with Crippen molar-refractivity contribution in [1.82, 2.24) is 9.69 Å². The Morgan fingerprint density at radius 2 is 1.92 bits per heavy atom. The molecule has 3 amide bonds. The van der Waals surface area contributed by atoms with Crippen molar-refractivity contribution < 1.29 is 24.2 Å². The van der Waals surface area contributed by atoms with Crippen LogP contribution in [0.2, 0.25) is 0 Å². The molecule has 3 rings (SSSR count). The zero-order valence-electron chi connectivity index (χ0n) is 21.1. The molecule has 0 radical (unpaired) electrons. The highest BCUT2D eigenvalue weighted by atomic mass is 32.1. The minimum absolute atomic E-state index is 0.0268. The van der Waals surface area contributed by atoms with Crippen LogP contribution in [0.15, 0.2) is 42.5 Å². The van der Waals surface area contributed by atoms with Crippen molar-refractivity contribution in [2.75, 3.05) is 24.3 Å². The third-order valence-electron chi connectivity index (χ3n) is 5.70. The van der Waals surface area contributed by atoms with Gasteiger partial charge in [-0.15, -0.1) is 0 Å². The molecule has 1 aromatic heterocycles. The molecule has 6 N–H and O–H groups in total. The predicted octanol–water partition coefficient (Wildman–Crippen LogP) is 3.40. The Morgan fingerprint density at radius 3 is 2.51 bits per heavy atom. The zero-order chi connectivity index (χ0) is 27.3. The SMILES string of the molecule is COc1cc([C@H](C(=O)NCCC(C)C)N(C(=O)c2snc(C(N)=O)c2N)c2cccc(C)c2)ccc1O. The van der Waals surface area contributed by atoms with Crippen molar-refractivity contribution in [1.29, 1.82) is 0 Å². The van der Waals surface area contributed by atoms with Crippen LogP contribution in [0.3, 0.4) is 0 Å². The Bertz CT molecular complexity index is 1310. The van der Waals surface area contributed by atoms with E-state index in [0.717, 1.165) is 23.5 Å². The molecule has 2 aromatic carbocycles. The van der Waals surface area contributed by atoms with Gasteiger partial charge in [0.1, 0.15) is 10.9 Å². The number of aromatic hydroxyl groups is 1. The lowest BCUT2D eigenvalue weighted by Crippen LogP contribution is -2.44. The highest BCUT2D eigenvalue weighted by Gasteiger charge is 2.36. The van der Waals surface area contributed by atoms with Crippen molar-refractivity contribution in [3.63, 3.8) is 0 Å². The van der Waals surface area contributed by atoms with E-state index in [4.69, 9.17) is 16.2 Å². The van der Waals surface area contributed by atoms with Crippen molar-refractivity contribution in [3.05, 3.63) is 64.2 Å². The number of phenols is 1. The summed E-state index contributed by atoms with van der Waals surface area (Å²) >= 11 is 0.733. The highest BCUT2D eigenvalue weighted by Crippen LogP contribution is 2.36. The second-order valence-corrected chi connectivity index (χ2v) is 9.73. The summed E-state index contributed by atoms with van der Waals surface area (Å²) in [5.74, 6) is -1.56. The fourth-order valence-corrected chi connectivity index (χ4v) is 4.51. The van der Waals surface area contributed by atoms with Crippen LogP contribution in [0.25, 0.3) is 0 Å². The van der Waals surface area contributed by atoms with Gasteiger partial charge in [-0.05, 0) is 66.2 Å². The molecule has 0 fully saturated rings. The molecule has 0 bridgehead atoms. The van der Waals surface area contributed by atoms with Gasteiger partial charge in [0.25, 0.3) is 11.8 Å². The van der Waals surface area contributed by atoms with Gasteiger partial charge in [0.05, 0.1) is 12.8 Å². The molecule has 0 saturated heterocycles. The van der Waals surface area contributed by atoms with E-state index >= 15 is 0 Å². The summed E-state index contributed by atoms with van der Waals surface area (Å²) in [5.41, 5.74) is 12.8. The monoisotopic (exact) mass is 525 g/mol. The van der Waals surface area contributed by atoms with E-state index < -0.39 is 23.8 Å². The number of ether oxygens (including phenoxy) is 1. The molecule has 1 heterocycles. The van der Waals surface area contributed by atoms with Crippen molar-refractivity contribution in [3.8, 4) is 11.5 Å². The Labute approximate surface area is 219 Å². The van der Waals surface area contributed by atoms with Crippen LogP contribution >= 0.6 is 11.5 Å². The molecular weight excluding hydrogens is 494 g/mol. The van der Waals surface area contributed by atoms with Crippen molar-refractivity contribution in [2.24, 2.45) is 11.7 Å². The summed E-state index contributed by atoms with van der Waals surface area (Å²) < 4.78 is 9.22. The number of hydrogen-bond donors (Lipinski definition) is 4. The van der Waals surface area contributed by atoms with Crippen LogP contribution in [0, 0.1) is 12.8 Å². The number of anilines is 2. The first-order valence-electron chi connectivity index (χ1n) is 11.6. The number of carbonyl (C=O) groups is 3. The lowest BCUT2D eigenvalue weighted by Gasteiger charge is -2.32. The van der Waals surface area contributed by atoms with Crippen LogP contribution in [0.5, 0.6) is 11.5 Å². The predicted molar refractivity (Wildman–Crippen MR) is 143 cm³/mol. The van der Waals surface area contributed by atoms with Crippen molar-refractivity contribution in [2.45, 2.75) is 33.2 Å². The van der Waals surface area contributed by atoms with Crippen LogP contribution in [-0.4, -0.2) is 40.9 Å². The summed E-state index contributed by atoms with van der Waals surface area (Å²) in [4.78, 5) is 40.8. The second kappa shape index (κ2) is 11.7. The van der Waals surface area contributed by atoms with Gasteiger partial charge in [-0.1, -0.05) is 32.0 Å². The number of amides is 3. The number of nitrogens with one attached hydrogen (secondary N) is 1. The minimum atomic E-state index is -1.17. The number of benzene rings is 2. The standard InChI is InChI=1S/C26H31N5O5S/c1-14(2)10-11-29-25(34)22(16-8-9-18(32)19(13-16)36-4)31(17-7-5-6-15(3)12-17)26(35)23-20(27)21(24(28)33)30-37-23/h5-9,12-14,22,32H,10-11,27H2,1-4H3,(H2,28,33)(H,29,34)/t22-/m1/s1. The molecule has 196 valence electrons. The van der Waals surface area contributed by atoms with Crippen molar-refractivity contribution >= 4 is 40.6 Å². The number of methoxy groups -OCH3 is 1. The van der Waals surface area contributed by atoms with Crippen LogP contribution in [-0.2, 0) is 4.79 Å². The lowest BCUT2D eigenvalue weighted by molar-refractivity contribution is -0.122. The first-order valence-corrected chi connectivity index (χ1v) is 12.4. The summed E-state index contributed by atoms with van der Waals surface area (Å²) in [7, 11) is 1.39. The third kappa shape index (κ3) is 6.18. The third-order valence-corrected chi connectivity index (χ3v) is 6.55. The van der Waals surface area contributed by atoms with Gasteiger partial charge in [-0.25, -0.2) is 0 Å². The van der Waals surface area contributed by atoms with E-state index in [0.29, 0.717) is 23.7 Å². The molecule has 3 aromatic rings. The number of nitrogen functional groups attached to an aromatic ring is 1. The van der Waals surface area contributed by atoms with E-state index in [1.165, 1.54) is 24.1 Å². The number of aryl methyl sites for hydroxylation is 1. The highest BCUT2D eigenvalue weighted by molar-refractivity contribution is 7.09. The number of hydrogen-bond acceptors (Lipinski definition) is 8. The second-order valence-electron chi connectivity index (χ2n) is 8.96. The van der Waals surface area contributed by atoms with Crippen LogP contribution in [0.4, 0.5) is 11.4 Å². The Morgan fingerprint density at radius 1 is 1.19 bits per heavy atom. The molecule has 0 aliphatic carbocycles. The Hall–Kier alpha value is -4.12. The summed E-state index contributed by atoms with van der Waals surface area (Å²) in [5, 5.41) is 13.1. The summed E-state index contributed by atoms with van der Waals surface area (Å²) in [6, 6.07) is 10.4. The number of nitrogens with two attached hydrogens (primary N) is 2. The van der Waals surface area contributed by atoms with Gasteiger partial charge in [0.15, 0.2) is 17.2 Å². The Kier molecular flexibility index (Phi) is 8.72. The normalized spacial score (nSPS) is 11.7. The first-order chi connectivity index (χ1) is 17.5. The average Bonchev–Trinajstić information content (AvgIpc) is 3.23. The van der Waals surface area contributed by atoms with E-state index in [2.05, 4.69) is 9.69 Å². The molecule has 1 atom stereocenters. The maximum Gasteiger partial charge on any atom is 0.273 e. The van der Waals surface area contributed by atoms with Crippen LogP contribution in [0.1, 0.15) is 57.6 Å². The molecule has 0 spiro atoms. The van der Waals surface area contributed by atoms with Crippen LogP contribution < -0.4 is 26.4 Å². The number of rotatable bonds is 10. The molecule has 0 unspecified atom stereocenters. The maximum atomic E-state index is 14.0. The average molecular weight is 526 g/mol. The fourth-order valence-electron chi connectivity index (χ4n) is 3.76. The number of aromatic nitrogens is 1. The molecule has 0 aliphatic rings. The summed E-state index contributed by atoms with van der Waals surface area (Å²) in [6.45, 7) is 6.34. The number of primary amides is 1. The quantitative estimate of drug-likeness (QED) is 0.315. The topological polar surface area (TPSA) is 161 Å². The van der Waals surface area contributed by atoms with Gasteiger partial charge in [-0.2, -0.15) is 4.37 Å². The molecular formula is C26H31N5O5S. The molecule has 0 aliphatic heterocycles. The van der Waals surface area contributed by atoms with E-state index in [-0.39, 0.29) is 27.8 Å². The van der Waals surface area contributed by atoms with E-state index in [9.17, 15) is 19.5 Å². The molecule has 37 heavy (non-hydrogen) atoms. The van der Waals surface area contributed by atoms with Gasteiger partial charge in [0.2, 0.25) is 5.91 Å². The molecule has 11 heteroatoms. The molecule has 0 saturated carbocycles. The van der Waals surface area contributed by atoms with Gasteiger partial charge in [-0.3, -0.25) is 19.3 Å². The smallest absolute Gasteiger partial charge is 0.273 e. The minimum Gasteiger partial charge on any atom is -0.504 e. The largest absolute Gasteiger partial charge is 0.504 e. The van der Waals surface area contributed by atoms with E-state index in [1.54, 1.807) is 24.3 Å². The Balaban J connectivity index is 2.21. The number of nitrogens with zero attached hydrogens (tertiary/aromatic N) is 2. The fraction of sp³-hybridized carbons (Fsp3) is 0.308. The summed E-state index contributed by atoms with van der Waals surface area (Å²) in [6.07, 6.45) is 0.736. The van der Waals surface area contributed by atoms with E-state index in [1.807, 2.05) is 26.8 Å². The lowest BCUT2D eigenvalue weighted by atomic mass is 10.0.